The van der Waals surface area contributed by atoms with Crippen LogP contribution in [0.3, 0.4) is 0 Å². The van der Waals surface area contributed by atoms with Crippen molar-refractivity contribution in [1.82, 2.24) is 0 Å². The third-order valence-electron chi connectivity index (χ3n) is 1.12. The second-order valence-corrected chi connectivity index (χ2v) is 2.23. The molecule has 1 aliphatic heterocycles. The summed E-state index contributed by atoms with van der Waals surface area (Å²) in [7, 11) is 0. The highest BCUT2D eigenvalue weighted by Crippen LogP contribution is 2.19. The minimum Gasteiger partial charge on any atom is -0.270 e. The van der Waals surface area contributed by atoms with Crippen LogP contribution in [0, 0.1) is 5.92 Å². The Bertz CT molecular complexity index is 197. The van der Waals surface area contributed by atoms with Crippen LogP contribution >= 0.6 is 11.6 Å². The molecule has 0 spiro atoms. The molecule has 1 rings (SSSR count). The SMILES string of the molecule is C[C@H]1C(=O)N=NC=C1Cl. The van der Waals surface area contributed by atoms with E-state index in [1.54, 1.807) is 6.92 Å². The third kappa shape index (κ3) is 1.16. The monoisotopic (exact) mass is 144 g/mol. The molecule has 0 aromatic carbocycles. The molecule has 3 nitrogen and oxygen atoms in total. The van der Waals surface area contributed by atoms with Gasteiger partial charge in [-0.15, -0.1) is 5.11 Å². The molecule has 48 valence electrons. The number of amides is 1. The summed E-state index contributed by atoms with van der Waals surface area (Å²) in [5.74, 6) is -0.577. The summed E-state index contributed by atoms with van der Waals surface area (Å²) < 4.78 is 0. The maximum atomic E-state index is 10.6. The Morgan fingerprint density at radius 2 is 2.44 bits per heavy atom. The Morgan fingerprint density at radius 3 is 2.89 bits per heavy atom. The smallest absolute Gasteiger partial charge is 0.270 e. The highest BCUT2D eigenvalue weighted by molar-refractivity contribution is 6.31. The van der Waals surface area contributed by atoms with Gasteiger partial charge in [-0.25, -0.2) is 0 Å². The van der Waals surface area contributed by atoms with Gasteiger partial charge in [-0.1, -0.05) is 11.6 Å². The molecule has 1 atom stereocenters. The lowest BCUT2D eigenvalue weighted by Crippen LogP contribution is -2.09. The highest BCUT2D eigenvalue weighted by Gasteiger charge is 2.18. The number of rotatable bonds is 0. The number of halogens is 1. The van der Waals surface area contributed by atoms with Crippen LogP contribution in [0.1, 0.15) is 6.92 Å². The van der Waals surface area contributed by atoms with E-state index in [0.29, 0.717) is 5.03 Å². The fourth-order valence-electron chi connectivity index (χ4n) is 0.457. The number of carbonyl (C=O) groups excluding carboxylic acids is 1. The van der Waals surface area contributed by atoms with E-state index in [1.165, 1.54) is 6.20 Å². The van der Waals surface area contributed by atoms with E-state index >= 15 is 0 Å². The van der Waals surface area contributed by atoms with Crippen molar-refractivity contribution in [2.24, 2.45) is 16.1 Å². The zero-order valence-electron chi connectivity index (χ0n) is 4.84. The van der Waals surface area contributed by atoms with Crippen molar-refractivity contribution in [2.45, 2.75) is 6.92 Å². The predicted molar refractivity (Wildman–Crippen MR) is 33.0 cm³/mol. The van der Waals surface area contributed by atoms with E-state index in [9.17, 15) is 4.79 Å². The first kappa shape index (κ1) is 6.42. The second kappa shape index (κ2) is 2.27. The van der Waals surface area contributed by atoms with Gasteiger partial charge in [0.15, 0.2) is 0 Å². The van der Waals surface area contributed by atoms with Gasteiger partial charge >= 0.3 is 0 Å². The zero-order chi connectivity index (χ0) is 6.85. The van der Waals surface area contributed by atoms with Crippen LogP contribution in [0.2, 0.25) is 0 Å². The molecule has 9 heavy (non-hydrogen) atoms. The molecule has 0 aliphatic carbocycles. The molecular weight excluding hydrogens is 140 g/mol. The van der Waals surface area contributed by atoms with Crippen LogP contribution in [-0.2, 0) is 4.79 Å². The van der Waals surface area contributed by atoms with Gasteiger partial charge in [-0.2, -0.15) is 5.11 Å². The molecule has 4 heteroatoms. The van der Waals surface area contributed by atoms with Crippen molar-refractivity contribution in [2.75, 3.05) is 0 Å². The first-order valence-corrected chi connectivity index (χ1v) is 2.90. The van der Waals surface area contributed by atoms with Gasteiger partial charge in [0.1, 0.15) is 0 Å². The summed E-state index contributed by atoms with van der Waals surface area (Å²) >= 11 is 5.55. The van der Waals surface area contributed by atoms with Gasteiger partial charge in [0.25, 0.3) is 5.91 Å². The Hall–Kier alpha value is -0.700. The van der Waals surface area contributed by atoms with Crippen molar-refractivity contribution < 1.29 is 4.79 Å². The summed E-state index contributed by atoms with van der Waals surface area (Å²) in [4.78, 5) is 10.6. The van der Waals surface area contributed by atoms with Crippen LogP contribution in [0.5, 0.6) is 0 Å². The van der Waals surface area contributed by atoms with Crippen molar-refractivity contribution in [3.8, 4) is 0 Å². The maximum absolute atomic E-state index is 10.6. The number of hydrogen-bond donors (Lipinski definition) is 0. The van der Waals surface area contributed by atoms with Crippen LogP contribution in [0.25, 0.3) is 0 Å². The second-order valence-electron chi connectivity index (χ2n) is 1.79. The maximum Gasteiger partial charge on any atom is 0.272 e. The highest BCUT2D eigenvalue weighted by atomic mass is 35.5. The molecule has 0 bridgehead atoms. The van der Waals surface area contributed by atoms with Gasteiger partial charge < -0.3 is 0 Å². The van der Waals surface area contributed by atoms with Crippen molar-refractivity contribution >= 4 is 17.5 Å². The quantitative estimate of drug-likeness (QED) is 0.510. The Labute approximate surface area is 57.4 Å². The molecular formula is C5H5ClN2O. The summed E-state index contributed by atoms with van der Waals surface area (Å²) in [6.07, 6.45) is 1.38. The van der Waals surface area contributed by atoms with E-state index in [4.69, 9.17) is 11.6 Å². The average molecular weight is 145 g/mol. The molecule has 0 unspecified atom stereocenters. The fraction of sp³-hybridized carbons (Fsp3) is 0.400. The van der Waals surface area contributed by atoms with Crippen LogP contribution in [0.4, 0.5) is 0 Å². The van der Waals surface area contributed by atoms with Gasteiger partial charge in [-0.05, 0) is 6.92 Å². The first-order chi connectivity index (χ1) is 4.22. The van der Waals surface area contributed by atoms with Crippen molar-refractivity contribution in [3.63, 3.8) is 0 Å². The van der Waals surface area contributed by atoms with E-state index in [2.05, 4.69) is 10.2 Å². The molecule has 1 heterocycles. The van der Waals surface area contributed by atoms with E-state index in [-0.39, 0.29) is 11.8 Å². The summed E-state index contributed by atoms with van der Waals surface area (Å²) in [6.45, 7) is 1.69. The molecule has 0 saturated heterocycles. The van der Waals surface area contributed by atoms with Gasteiger partial charge in [0, 0.05) is 0 Å². The molecule has 1 amide bonds. The number of nitrogens with zero attached hydrogens (tertiary/aromatic N) is 2. The Balaban J connectivity index is 2.86. The minimum atomic E-state index is -0.302. The number of carbonyl (C=O) groups is 1. The predicted octanol–water partition coefficient (Wildman–Crippen LogP) is 1.70. The summed E-state index contributed by atoms with van der Waals surface area (Å²) in [6, 6.07) is 0. The summed E-state index contributed by atoms with van der Waals surface area (Å²) in [5, 5.41) is 7.11. The Morgan fingerprint density at radius 1 is 1.78 bits per heavy atom. The third-order valence-corrected chi connectivity index (χ3v) is 1.55. The molecule has 1 aliphatic rings. The van der Waals surface area contributed by atoms with E-state index < -0.39 is 0 Å². The van der Waals surface area contributed by atoms with Crippen LogP contribution < -0.4 is 0 Å². The first-order valence-electron chi connectivity index (χ1n) is 2.52. The van der Waals surface area contributed by atoms with Crippen LogP contribution in [-0.4, -0.2) is 5.91 Å². The Kier molecular flexibility index (Phi) is 1.62. The fourth-order valence-corrected chi connectivity index (χ4v) is 0.594. The summed E-state index contributed by atoms with van der Waals surface area (Å²) in [5.41, 5.74) is 0. The minimum absolute atomic E-state index is 0.275. The molecule has 0 fully saturated rings. The van der Waals surface area contributed by atoms with Crippen molar-refractivity contribution in [1.29, 1.82) is 0 Å². The van der Waals surface area contributed by atoms with E-state index in [1.807, 2.05) is 0 Å². The molecule has 0 radical (unpaired) electrons. The molecule has 0 saturated carbocycles. The average Bonchev–Trinajstić information content (AvgIpc) is 1.83. The zero-order valence-corrected chi connectivity index (χ0v) is 5.59. The molecule has 0 N–H and O–H groups in total. The lowest BCUT2D eigenvalue weighted by Gasteiger charge is -2.05. The van der Waals surface area contributed by atoms with Crippen LogP contribution in [0.15, 0.2) is 21.5 Å². The van der Waals surface area contributed by atoms with Gasteiger partial charge in [-0.3, -0.25) is 4.79 Å². The molecule has 0 aromatic heterocycles. The van der Waals surface area contributed by atoms with Gasteiger partial charge in [0.05, 0.1) is 17.2 Å². The van der Waals surface area contributed by atoms with Gasteiger partial charge in [0.2, 0.25) is 0 Å². The van der Waals surface area contributed by atoms with Crippen molar-refractivity contribution in [3.05, 3.63) is 11.2 Å². The number of hydrogen-bond acceptors (Lipinski definition) is 2. The number of azo groups is 1. The van der Waals surface area contributed by atoms with E-state index in [0.717, 1.165) is 0 Å². The normalized spacial score (nSPS) is 26.2. The topological polar surface area (TPSA) is 41.8 Å². The lowest BCUT2D eigenvalue weighted by atomic mass is 10.1. The molecule has 0 aromatic rings. The standard InChI is InChI=1S/C5H5ClN2O/c1-3-4(6)2-7-8-5(3)9/h2-3H,1H3/t3-/m1/s1. The lowest BCUT2D eigenvalue weighted by molar-refractivity contribution is -0.120. The largest absolute Gasteiger partial charge is 0.272 e.